The minimum absolute atomic E-state index is 0. The lowest BCUT2D eigenvalue weighted by Gasteiger charge is -2.03. The molecule has 0 radical (unpaired) electrons. The molecule has 4 heteroatoms. The largest absolute Gasteiger partial charge is 0.323 e. The first kappa shape index (κ1) is 10.3. The minimum Gasteiger partial charge on any atom is -0.323 e. The Morgan fingerprint density at radius 2 is 2.27 bits per heavy atom. The topological polar surface area (TPSA) is 38.9 Å². The summed E-state index contributed by atoms with van der Waals surface area (Å²) in [6, 6.07) is 2.56. The van der Waals surface area contributed by atoms with E-state index >= 15 is 0 Å². The molecular weight excluding hydrogens is 167 g/mol. The lowest BCUT2D eigenvalue weighted by molar-refractivity contribution is 0.579. The quantitative estimate of drug-likeness (QED) is 0.707. The van der Waals surface area contributed by atoms with Gasteiger partial charge >= 0.3 is 0 Å². The smallest absolute Gasteiger partial charge is 0.146 e. The van der Waals surface area contributed by atoms with Crippen LogP contribution < -0.4 is 5.73 Å². The van der Waals surface area contributed by atoms with Crippen molar-refractivity contribution in [2.45, 2.75) is 13.0 Å². The molecule has 1 aromatic heterocycles. The Labute approximate surface area is 71.0 Å². The molecular formula is C7H10ClFN2. The van der Waals surface area contributed by atoms with Crippen molar-refractivity contribution >= 4 is 12.4 Å². The second-order valence-electron chi connectivity index (χ2n) is 2.16. The van der Waals surface area contributed by atoms with Crippen LogP contribution in [-0.4, -0.2) is 4.98 Å². The van der Waals surface area contributed by atoms with E-state index in [2.05, 4.69) is 4.98 Å². The van der Waals surface area contributed by atoms with E-state index in [1.807, 2.05) is 0 Å². The summed E-state index contributed by atoms with van der Waals surface area (Å²) in [5.41, 5.74) is 5.73. The average Bonchev–Trinajstić information content (AvgIpc) is 1.88. The zero-order valence-corrected chi connectivity index (χ0v) is 6.94. The minimum atomic E-state index is -0.336. The van der Waals surface area contributed by atoms with Gasteiger partial charge in [-0.05, 0) is 19.1 Å². The third-order valence-corrected chi connectivity index (χ3v) is 1.22. The first-order valence-corrected chi connectivity index (χ1v) is 3.08. The van der Waals surface area contributed by atoms with Crippen LogP contribution in [0, 0.1) is 5.82 Å². The molecule has 1 aromatic rings. The van der Waals surface area contributed by atoms with Crippen LogP contribution in [0.15, 0.2) is 18.3 Å². The molecule has 1 rings (SSSR count). The van der Waals surface area contributed by atoms with Gasteiger partial charge in [0.25, 0.3) is 0 Å². The van der Waals surface area contributed by atoms with E-state index in [1.165, 1.54) is 12.3 Å². The van der Waals surface area contributed by atoms with Crippen molar-refractivity contribution in [3.05, 3.63) is 29.8 Å². The third kappa shape index (κ3) is 2.44. The predicted octanol–water partition coefficient (Wildman–Crippen LogP) is 1.66. The van der Waals surface area contributed by atoms with Crippen LogP contribution in [0.5, 0.6) is 0 Å². The molecule has 0 amide bonds. The SMILES string of the molecule is C[C@H](N)c1ncccc1F.Cl. The van der Waals surface area contributed by atoms with Crippen LogP contribution in [0.1, 0.15) is 18.7 Å². The van der Waals surface area contributed by atoms with Crippen molar-refractivity contribution in [1.82, 2.24) is 4.98 Å². The summed E-state index contributed by atoms with van der Waals surface area (Å²) in [6.45, 7) is 1.70. The lowest BCUT2D eigenvalue weighted by Crippen LogP contribution is -2.09. The highest BCUT2D eigenvalue weighted by molar-refractivity contribution is 5.85. The molecule has 0 spiro atoms. The molecule has 0 saturated carbocycles. The summed E-state index contributed by atoms with van der Waals surface area (Å²) in [5.74, 6) is -0.336. The van der Waals surface area contributed by atoms with Gasteiger partial charge < -0.3 is 5.73 Å². The molecule has 0 aliphatic heterocycles. The molecule has 1 heterocycles. The lowest BCUT2D eigenvalue weighted by atomic mass is 10.2. The van der Waals surface area contributed by atoms with Crippen molar-refractivity contribution in [2.24, 2.45) is 5.73 Å². The maximum atomic E-state index is 12.7. The molecule has 11 heavy (non-hydrogen) atoms. The van der Waals surface area contributed by atoms with Gasteiger partial charge in [-0.15, -0.1) is 12.4 Å². The number of hydrogen-bond acceptors (Lipinski definition) is 2. The maximum Gasteiger partial charge on any atom is 0.146 e. The number of pyridine rings is 1. The molecule has 62 valence electrons. The van der Waals surface area contributed by atoms with Gasteiger partial charge in [-0.2, -0.15) is 0 Å². The third-order valence-electron chi connectivity index (χ3n) is 1.22. The first-order chi connectivity index (χ1) is 4.72. The number of halogens is 2. The van der Waals surface area contributed by atoms with Crippen LogP contribution in [0.4, 0.5) is 4.39 Å². The maximum absolute atomic E-state index is 12.7. The highest BCUT2D eigenvalue weighted by atomic mass is 35.5. The van der Waals surface area contributed by atoms with E-state index in [1.54, 1.807) is 13.0 Å². The zero-order valence-electron chi connectivity index (χ0n) is 6.12. The molecule has 0 aliphatic carbocycles. The van der Waals surface area contributed by atoms with E-state index in [-0.39, 0.29) is 24.3 Å². The van der Waals surface area contributed by atoms with Crippen LogP contribution >= 0.6 is 12.4 Å². The van der Waals surface area contributed by atoms with Crippen LogP contribution in [0.25, 0.3) is 0 Å². The Bertz CT molecular complexity index is 227. The van der Waals surface area contributed by atoms with Crippen molar-refractivity contribution in [3.8, 4) is 0 Å². The van der Waals surface area contributed by atoms with Crippen molar-refractivity contribution in [3.63, 3.8) is 0 Å². The summed E-state index contributed by atoms with van der Waals surface area (Å²) in [5, 5.41) is 0. The van der Waals surface area contributed by atoms with Crippen molar-refractivity contribution in [1.29, 1.82) is 0 Å². The summed E-state index contributed by atoms with van der Waals surface area (Å²) in [4.78, 5) is 3.78. The molecule has 0 aromatic carbocycles. The van der Waals surface area contributed by atoms with Gasteiger partial charge in [0, 0.05) is 12.2 Å². The second kappa shape index (κ2) is 4.26. The van der Waals surface area contributed by atoms with E-state index < -0.39 is 0 Å². The Morgan fingerprint density at radius 3 is 2.64 bits per heavy atom. The second-order valence-corrected chi connectivity index (χ2v) is 2.16. The molecule has 2 nitrogen and oxygen atoms in total. The van der Waals surface area contributed by atoms with Crippen LogP contribution in [-0.2, 0) is 0 Å². The fraction of sp³-hybridized carbons (Fsp3) is 0.286. The van der Waals surface area contributed by atoms with Crippen LogP contribution in [0.3, 0.4) is 0 Å². The summed E-state index contributed by atoms with van der Waals surface area (Å²) >= 11 is 0. The van der Waals surface area contributed by atoms with Gasteiger partial charge in [0.1, 0.15) is 5.82 Å². The number of rotatable bonds is 1. The van der Waals surface area contributed by atoms with E-state index in [0.29, 0.717) is 5.69 Å². The summed E-state index contributed by atoms with van der Waals surface area (Å²) in [6.07, 6.45) is 1.53. The number of nitrogens with two attached hydrogens (primary N) is 1. The Morgan fingerprint density at radius 1 is 1.64 bits per heavy atom. The van der Waals surface area contributed by atoms with Gasteiger partial charge in [0.2, 0.25) is 0 Å². The van der Waals surface area contributed by atoms with Gasteiger partial charge in [0.15, 0.2) is 0 Å². The van der Waals surface area contributed by atoms with Crippen LogP contribution in [0.2, 0.25) is 0 Å². The molecule has 0 unspecified atom stereocenters. The average molecular weight is 177 g/mol. The molecule has 0 fully saturated rings. The molecule has 0 saturated heterocycles. The van der Waals surface area contributed by atoms with E-state index in [4.69, 9.17) is 5.73 Å². The van der Waals surface area contributed by atoms with E-state index in [9.17, 15) is 4.39 Å². The molecule has 1 atom stereocenters. The predicted molar refractivity (Wildman–Crippen MR) is 44.0 cm³/mol. The van der Waals surface area contributed by atoms with Crippen molar-refractivity contribution in [2.75, 3.05) is 0 Å². The Hall–Kier alpha value is -0.670. The Balaban J connectivity index is 0.000001000. The fourth-order valence-corrected chi connectivity index (χ4v) is 0.733. The van der Waals surface area contributed by atoms with Gasteiger partial charge in [0.05, 0.1) is 5.69 Å². The molecule has 0 bridgehead atoms. The summed E-state index contributed by atoms with van der Waals surface area (Å²) in [7, 11) is 0. The number of nitrogens with zero attached hydrogens (tertiary/aromatic N) is 1. The molecule has 0 aliphatic rings. The fourth-order valence-electron chi connectivity index (χ4n) is 0.733. The highest BCUT2D eigenvalue weighted by Crippen LogP contribution is 2.09. The zero-order chi connectivity index (χ0) is 7.56. The van der Waals surface area contributed by atoms with E-state index in [0.717, 1.165) is 0 Å². The number of hydrogen-bond donors (Lipinski definition) is 1. The standard InChI is InChI=1S/C7H9FN2.ClH/c1-5(9)7-6(8)3-2-4-10-7;/h2-5H,9H2,1H3;1H/t5-;/m0./s1. The molecule has 2 N–H and O–H groups in total. The normalized spacial score (nSPS) is 11.9. The van der Waals surface area contributed by atoms with Crippen molar-refractivity contribution < 1.29 is 4.39 Å². The highest BCUT2D eigenvalue weighted by Gasteiger charge is 2.05. The number of aromatic nitrogens is 1. The van der Waals surface area contributed by atoms with Gasteiger partial charge in [-0.1, -0.05) is 0 Å². The Kier molecular flexibility index (Phi) is 4.00. The monoisotopic (exact) mass is 176 g/mol. The van der Waals surface area contributed by atoms with Gasteiger partial charge in [-0.25, -0.2) is 4.39 Å². The first-order valence-electron chi connectivity index (χ1n) is 3.08. The summed E-state index contributed by atoms with van der Waals surface area (Å²) < 4.78 is 12.7. The van der Waals surface area contributed by atoms with Gasteiger partial charge in [-0.3, -0.25) is 4.98 Å².